The molecule has 1 heterocycles. The van der Waals surface area contributed by atoms with Crippen molar-refractivity contribution in [2.24, 2.45) is 5.11 Å². The number of azide groups is 1. The predicted octanol–water partition coefficient (Wildman–Crippen LogP) is 2.28. The number of methoxy groups -OCH3 is 1. The molecule has 10 nitrogen and oxygen atoms in total. The number of amides is 1. The maximum Gasteiger partial charge on any atom is 0.302 e. The van der Waals surface area contributed by atoms with Gasteiger partial charge in [-0.3, -0.25) is 14.4 Å². The minimum absolute atomic E-state index is 0.0228. The largest absolute Gasteiger partial charge is 0.496 e. The van der Waals surface area contributed by atoms with Crippen LogP contribution in [-0.4, -0.2) is 55.9 Å². The van der Waals surface area contributed by atoms with Crippen LogP contribution in [0.1, 0.15) is 52.5 Å². The van der Waals surface area contributed by atoms with Gasteiger partial charge in [0.05, 0.1) is 18.4 Å². The van der Waals surface area contributed by atoms with Crippen LogP contribution in [0.5, 0.6) is 5.75 Å². The van der Waals surface area contributed by atoms with Gasteiger partial charge in [0, 0.05) is 36.4 Å². The molecule has 2 rings (SSSR count). The molecule has 2 atom stereocenters. The Labute approximate surface area is 162 Å². The highest BCUT2D eigenvalue weighted by Gasteiger charge is 2.37. The molecule has 2 N–H and O–H groups in total. The highest BCUT2D eigenvalue weighted by molar-refractivity contribution is 6.07. The second-order valence-electron chi connectivity index (χ2n) is 6.68. The first-order chi connectivity index (χ1) is 13.2. The van der Waals surface area contributed by atoms with Crippen molar-refractivity contribution in [2.45, 2.75) is 32.3 Å². The molecular weight excluding hydrogens is 366 g/mol. The number of Topliss-reactive ketones (excluding diaryl/α,β-unsaturated/α-hetero) is 1. The first-order valence-corrected chi connectivity index (χ1v) is 8.67. The number of nitrogen functional groups attached to an aromatic ring is 1. The fraction of sp³-hybridized carbons (Fsp3) is 0.500. The lowest BCUT2D eigenvalue weighted by atomic mass is 9.82. The van der Waals surface area contributed by atoms with Crippen molar-refractivity contribution in [3.8, 4) is 5.75 Å². The average molecular weight is 389 g/mol. The van der Waals surface area contributed by atoms with Crippen LogP contribution in [0, 0.1) is 0 Å². The number of nitrogens with two attached hydrogens (primary N) is 1. The van der Waals surface area contributed by atoms with E-state index >= 15 is 0 Å². The molecule has 1 saturated heterocycles. The number of likely N-dealkylation sites (tertiary alicyclic amines) is 1. The van der Waals surface area contributed by atoms with E-state index in [4.69, 9.17) is 20.7 Å². The number of ether oxygens (including phenoxy) is 2. The SMILES string of the molecule is COc1cc(C(=O)N=[N+]=[N-])c([C@@H]2CN(C)CC[C@@H]2OC(C)=O)c(N)c1C(C)=O. The topological polar surface area (TPSA) is 148 Å². The Morgan fingerprint density at radius 2 is 2.04 bits per heavy atom. The normalized spacial score (nSPS) is 19.4. The van der Waals surface area contributed by atoms with Gasteiger partial charge < -0.3 is 20.1 Å². The third-order valence-corrected chi connectivity index (χ3v) is 4.75. The number of hydrogen-bond acceptors (Lipinski definition) is 7. The Morgan fingerprint density at radius 1 is 1.36 bits per heavy atom. The quantitative estimate of drug-likeness (QED) is 0.203. The lowest BCUT2D eigenvalue weighted by molar-refractivity contribution is -0.149. The molecule has 0 bridgehead atoms. The highest BCUT2D eigenvalue weighted by Crippen LogP contribution is 2.40. The van der Waals surface area contributed by atoms with Crippen LogP contribution in [0.15, 0.2) is 11.2 Å². The summed E-state index contributed by atoms with van der Waals surface area (Å²) in [6, 6.07) is 1.35. The van der Waals surface area contributed by atoms with E-state index in [0.29, 0.717) is 25.1 Å². The highest BCUT2D eigenvalue weighted by atomic mass is 16.5. The minimum Gasteiger partial charge on any atom is -0.496 e. The van der Waals surface area contributed by atoms with Gasteiger partial charge in [-0.2, -0.15) is 0 Å². The van der Waals surface area contributed by atoms with Crippen LogP contribution in [0.3, 0.4) is 0 Å². The fourth-order valence-electron chi connectivity index (χ4n) is 3.61. The maximum absolute atomic E-state index is 12.5. The number of nitrogens with zero attached hydrogens (tertiary/aromatic N) is 4. The monoisotopic (exact) mass is 389 g/mol. The van der Waals surface area contributed by atoms with Crippen LogP contribution in [-0.2, 0) is 9.53 Å². The molecule has 0 aromatic heterocycles. The zero-order valence-corrected chi connectivity index (χ0v) is 16.3. The summed E-state index contributed by atoms with van der Waals surface area (Å²) in [6.45, 7) is 3.76. The zero-order valence-electron chi connectivity index (χ0n) is 16.3. The molecule has 150 valence electrons. The summed E-state index contributed by atoms with van der Waals surface area (Å²) in [4.78, 5) is 40.8. The first-order valence-electron chi connectivity index (χ1n) is 8.67. The lowest BCUT2D eigenvalue weighted by Crippen LogP contribution is -2.42. The molecule has 0 spiro atoms. The molecule has 1 amide bonds. The van der Waals surface area contributed by atoms with Crippen molar-refractivity contribution >= 4 is 23.3 Å². The van der Waals surface area contributed by atoms with Gasteiger partial charge in [0.15, 0.2) is 5.78 Å². The third kappa shape index (κ3) is 4.24. The number of carbonyl (C=O) groups is 3. The molecule has 1 aliphatic heterocycles. The van der Waals surface area contributed by atoms with Crippen LogP contribution >= 0.6 is 0 Å². The van der Waals surface area contributed by atoms with Gasteiger partial charge in [-0.1, -0.05) is 0 Å². The summed E-state index contributed by atoms with van der Waals surface area (Å²) in [6.07, 6.45) is -0.0154. The lowest BCUT2D eigenvalue weighted by Gasteiger charge is -2.37. The standard InChI is InChI=1S/C18H23N5O5/c1-9(24)15-14(27-4)7-11(18(26)21-22-20)16(17(15)19)12-8-23(3)6-5-13(12)28-10(2)25/h7,12-13H,5-6,8,19H2,1-4H3/t12-,13+/m1/s1. The molecule has 0 aliphatic carbocycles. The maximum atomic E-state index is 12.5. The number of hydrogen-bond donors (Lipinski definition) is 1. The predicted molar refractivity (Wildman–Crippen MR) is 101 cm³/mol. The van der Waals surface area contributed by atoms with Gasteiger partial charge in [0.2, 0.25) is 5.91 Å². The van der Waals surface area contributed by atoms with Crippen molar-refractivity contribution in [2.75, 3.05) is 33.0 Å². The Bertz CT molecular complexity index is 862. The summed E-state index contributed by atoms with van der Waals surface area (Å²) in [5.41, 5.74) is 15.5. The smallest absolute Gasteiger partial charge is 0.302 e. The summed E-state index contributed by atoms with van der Waals surface area (Å²) in [5, 5.41) is 3.17. The van der Waals surface area contributed by atoms with E-state index in [1.165, 1.54) is 27.0 Å². The Balaban J connectivity index is 2.78. The number of likely N-dealkylation sites (N-methyl/N-ethyl adjacent to an activating group) is 1. The number of carbonyl (C=O) groups excluding carboxylic acids is 3. The number of anilines is 1. The first kappa shape index (κ1) is 21.2. The van der Waals surface area contributed by atoms with Gasteiger partial charge in [-0.25, -0.2) is 0 Å². The number of ketones is 1. The molecule has 0 saturated carbocycles. The van der Waals surface area contributed by atoms with E-state index < -0.39 is 23.9 Å². The molecule has 1 aromatic rings. The van der Waals surface area contributed by atoms with Gasteiger partial charge in [-0.15, -0.1) is 0 Å². The Hall–Kier alpha value is -3.10. The molecule has 0 unspecified atom stereocenters. The fourth-order valence-corrected chi connectivity index (χ4v) is 3.61. The number of rotatable bonds is 5. The molecule has 28 heavy (non-hydrogen) atoms. The summed E-state index contributed by atoms with van der Waals surface area (Å²) in [5.74, 6) is -2.03. The molecule has 1 fully saturated rings. The minimum atomic E-state index is -0.854. The Morgan fingerprint density at radius 3 is 2.57 bits per heavy atom. The molecule has 10 heteroatoms. The van der Waals surface area contributed by atoms with Crippen LogP contribution in [0.25, 0.3) is 10.4 Å². The van der Waals surface area contributed by atoms with Gasteiger partial charge in [-0.05, 0) is 42.7 Å². The van der Waals surface area contributed by atoms with E-state index in [9.17, 15) is 14.4 Å². The summed E-state index contributed by atoms with van der Waals surface area (Å²) < 4.78 is 10.7. The number of benzene rings is 1. The molecule has 0 radical (unpaired) electrons. The zero-order chi connectivity index (χ0) is 21.0. The summed E-state index contributed by atoms with van der Waals surface area (Å²) in [7, 11) is 3.23. The average Bonchev–Trinajstić information content (AvgIpc) is 2.61. The van der Waals surface area contributed by atoms with Crippen molar-refractivity contribution in [3.05, 3.63) is 33.2 Å². The van der Waals surface area contributed by atoms with E-state index in [2.05, 4.69) is 10.0 Å². The van der Waals surface area contributed by atoms with Crippen LogP contribution in [0.2, 0.25) is 0 Å². The molecule has 1 aromatic carbocycles. The van der Waals surface area contributed by atoms with Crippen LogP contribution < -0.4 is 10.5 Å². The molecular formula is C18H23N5O5. The van der Waals surface area contributed by atoms with Gasteiger partial charge >= 0.3 is 5.97 Å². The van der Waals surface area contributed by atoms with Crippen molar-refractivity contribution < 1.29 is 23.9 Å². The van der Waals surface area contributed by atoms with Crippen LogP contribution in [0.4, 0.5) is 5.69 Å². The van der Waals surface area contributed by atoms with Crippen molar-refractivity contribution in [1.82, 2.24) is 4.90 Å². The van der Waals surface area contributed by atoms with E-state index in [-0.39, 0.29) is 28.3 Å². The number of esters is 1. The number of piperidine rings is 1. The summed E-state index contributed by atoms with van der Waals surface area (Å²) >= 11 is 0. The second-order valence-corrected chi connectivity index (χ2v) is 6.68. The third-order valence-electron chi connectivity index (χ3n) is 4.75. The molecule has 1 aliphatic rings. The Kier molecular flexibility index (Phi) is 6.61. The van der Waals surface area contributed by atoms with E-state index in [0.717, 1.165) is 0 Å². The van der Waals surface area contributed by atoms with Crippen molar-refractivity contribution in [3.63, 3.8) is 0 Å². The second kappa shape index (κ2) is 8.73. The van der Waals surface area contributed by atoms with E-state index in [1.807, 2.05) is 11.9 Å². The van der Waals surface area contributed by atoms with Crippen molar-refractivity contribution in [1.29, 1.82) is 0 Å². The van der Waals surface area contributed by atoms with Gasteiger partial charge in [0.1, 0.15) is 11.9 Å². The van der Waals surface area contributed by atoms with E-state index in [1.54, 1.807) is 0 Å². The van der Waals surface area contributed by atoms with Gasteiger partial charge in [0.25, 0.3) is 0 Å².